The second-order valence-corrected chi connectivity index (χ2v) is 3.38. The van der Waals surface area contributed by atoms with Crippen LogP contribution in [0.3, 0.4) is 0 Å². The minimum absolute atomic E-state index is 0.308. The van der Waals surface area contributed by atoms with Gasteiger partial charge in [-0.15, -0.1) is 5.10 Å². The van der Waals surface area contributed by atoms with E-state index in [1.165, 1.54) is 0 Å². The molecule has 2 heterocycles. The normalized spacial score (nSPS) is 16.0. The van der Waals surface area contributed by atoms with E-state index in [1.807, 2.05) is 11.8 Å². The van der Waals surface area contributed by atoms with Crippen LogP contribution in [0.1, 0.15) is 16.4 Å². The SMILES string of the molecule is O=Cc1nc2n(n1)CCSC2. The van der Waals surface area contributed by atoms with Crippen molar-refractivity contribution in [1.29, 1.82) is 0 Å². The third-order valence-electron chi connectivity index (χ3n) is 1.55. The van der Waals surface area contributed by atoms with E-state index in [2.05, 4.69) is 10.1 Å². The molecule has 0 fully saturated rings. The summed E-state index contributed by atoms with van der Waals surface area (Å²) >= 11 is 1.82. The van der Waals surface area contributed by atoms with Crippen molar-refractivity contribution >= 4 is 18.0 Å². The van der Waals surface area contributed by atoms with Gasteiger partial charge in [-0.3, -0.25) is 4.79 Å². The molecule has 11 heavy (non-hydrogen) atoms. The van der Waals surface area contributed by atoms with Crippen molar-refractivity contribution in [2.24, 2.45) is 0 Å². The lowest BCUT2D eigenvalue weighted by Crippen LogP contribution is -2.11. The van der Waals surface area contributed by atoms with E-state index in [-0.39, 0.29) is 0 Å². The minimum Gasteiger partial charge on any atom is -0.294 e. The zero-order chi connectivity index (χ0) is 7.68. The predicted octanol–water partition coefficient (Wildman–Crippen LogP) is 0.337. The fourth-order valence-corrected chi connectivity index (χ4v) is 1.89. The number of carbonyl (C=O) groups is 1. The van der Waals surface area contributed by atoms with Crippen LogP contribution < -0.4 is 0 Å². The Morgan fingerprint density at radius 2 is 2.55 bits per heavy atom. The second-order valence-electron chi connectivity index (χ2n) is 2.28. The van der Waals surface area contributed by atoms with E-state index >= 15 is 0 Å². The second kappa shape index (κ2) is 2.65. The maximum Gasteiger partial charge on any atom is 0.214 e. The van der Waals surface area contributed by atoms with E-state index in [9.17, 15) is 4.79 Å². The molecule has 0 aromatic carbocycles. The number of rotatable bonds is 1. The first-order valence-electron chi connectivity index (χ1n) is 3.37. The highest BCUT2D eigenvalue weighted by atomic mass is 32.2. The van der Waals surface area contributed by atoms with E-state index < -0.39 is 0 Å². The van der Waals surface area contributed by atoms with Crippen molar-refractivity contribution in [2.75, 3.05) is 5.75 Å². The van der Waals surface area contributed by atoms with Gasteiger partial charge in [0, 0.05) is 5.75 Å². The number of aldehydes is 1. The largest absolute Gasteiger partial charge is 0.294 e. The van der Waals surface area contributed by atoms with Gasteiger partial charge in [-0.25, -0.2) is 9.67 Å². The average Bonchev–Trinajstić information content (AvgIpc) is 2.46. The van der Waals surface area contributed by atoms with E-state index in [0.29, 0.717) is 12.1 Å². The van der Waals surface area contributed by atoms with Crippen LogP contribution in [0.4, 0.5) is 0 Å². The van der Waals surface area contributed by atoms with Gasteiger partial charge in [0.25, 0.3) is 0 Å². The lowest BCUT2D eigenvalue weighted by Gasteiger charge is -2.09. The monoisotopic (exact) mass is 169 g/mol. The van der Waals surface area contributed by atoms with Crippen molar-refractivity contribution in [3.05, 3.63) is 11.6 Å². The number of hydrogen-bond acceptors (Lipinski definition) is 4. The van der Waals surface area contributed by atoms with Crippen LogP contribution in [0, 0.1) is 0 Å². The molecule has 58 valence electrons. The Hall–Kier alpha value is -0.840. The molecule has 4 nitrogen and oxygen atoms in total. The summed E-state index contributed by atoms with van der Waals surface area (Å²) in [7, 11) is 0. The van der Waals surface area contributed by atoms with Crippen LogP contribution >= 0.6 is 11.8 Å². The zero-order valence-electron chi connectivity index (χ0n) is 5.86. The molecule has 2 rings (SSSR count). The standard InChI is InChI=1S/C6H7N3OS/c10-3-5-7-6-4-11-2-1-9(6)8-5/h3H,1-2,4H2. The first-order valence-corrected chi connectivity index (χ1v) is 4.52. The van der Waals surface area contributed by atoms with Crippen molar-refractivity contribution in [2.45, 2.75) is 12.3 Å². The molecule has 0 bridgehead atoms. The van der Waals surface area contributed by atoms with Crippen LogP contribution in [0.2, 0.25) is 0 Å². The lowest BCUT2D eigenvalue weighted by atomic mass is 10.6. The number of nitrogens with zero attached hydrogens (tertiary/aromatic N) is 3. The van der Waals surface area contributed by atoms with Gasteiger partial charge in [0.2, 0.25) is 5.82 Å². The number of thioether (sulfide) groups is 1. The minimum atomic E-state index is 0.308. The van der Waals surface area contributed by atoms with Gasteiger partial charge >= 0.3 is 0 Å². The summed E-state index contributed by atoms with van der Waals surface area (Å²) in [5.41, 5.74) is 0. The average molecular weight is 169 g/mol. The number of carbonyl (C=O) groups excluding carboxylic acids is 1. The van der Waals surface area contributed by atoms with E-state index in [4.69, 9.17) is 0 Å². The van der Waals surface area contributed by atoms with Crippen LogP contribution in [0.5, 0.6) is 0 Å². The highest BCUT2D eigenvalue weighted by Crippen LogP contribution is 2.16. The lowest BCUT2D eigenvalue weighted by molar-refractivity contribution is 0.111. The van der Waals surface area contributed by atoms with Gasteiger partial charge < -0.3 is 0 Å². The highest BCUT2D eigenvalue weighted by molar-refractivity contribution is 7.98. The van der Waals surface area contributed by atoms with Crippen molar-refractivity contribution in [3.63, 3.8) is 0 Å². The fraction of sp³-hybridized carbons (Fsp3) is 0.500. The van der Waals surface area contributed by atoms with Crippen LogP contribution in [0.15, 0.2) is 0 Å². The molecule has 0 saturated carbocycles. The van der Waals surface area contributed by atoms with Gasteiger partial charge in [0.15, 0.2) is 6.29 Å². The first-order chi connectivity index (χ1) is 5.40. The molecule has 0 aliphatic carbocycles. The molecular weight excluding hydrogens is 162 g/mol. The number of fused-ring (bicyclic) bond motifs is 1. The quantitative estimate of drug-likeness (QED) is 0.569. The Balaban J connectivity index is 2.39. The summed E-state index contributed by atoms with van der Waals surface area (Å²) in [6.07, 6.45) is 0.690. The molecule has 0 amide bonds. The van der Waals surface area contributed by atoms with Crippen LogP contribution in [0.25, 0.3) is 0 Å². The molecule has 1 aromatic heterocycles. The summed E-state index contributed by atoms with van der Waals surface area (Å²) < 4.78 is 1.81. The van der Waals surface area contributed by atoms with Crippen molar-refractivity contribution in [3.8, 4) is 0 Å². The smallest absolute Gasteiger partial charge is 0.214 e. The summed E-state index contributed by atoms with van der Waals surface area (Å²) in [6.45, 7) is 0.876. The Morgan fingerprint density at radius 3 is 3.27 bits per heavy atom. The Labute approximate surface area is 68.0 Å². The molecule has 0 atom stereocenters. The Morgan fingerprint density at radius 1 is 1.64 bits per heavy atom. The summed E-state index contributed by atoms with van der Waals surface area (Å²) in [4.78, 5) is 14.3. The Kier molecular flexibility index (Phi) is 1.65. The van der Waals surface area contributed by atoms with Crippen molar-refractivity contribution in [1.82, 2.24) is 14.8 Å². The molecular formula is C6H7N3OS. The van der Waals surface area contributed by atoms with E-state index in [1.54, 1.807) is 4.68 Å². The number of aromatic nitrogens is 3. The Bertz CT molecular complexity index is 260. The van der Waals surface area contributed by atoms with Gasteiger partial charge in [0.05, 0.1) is 12.3 Å². The predicted molar refractivity (Wildman–Crippen MR) is 41.6 cm³/mol. The molecule has 0 radical (unpaired) electrons. The summed E-state index contributed by atoms with van der Waals surface area (Å²) in [6, 6.07) is 0. The maximum atomic E-state index is 10.3. The number of hydrogen-bond donors (Lipinski definition) is 0. The summed E-state index contributed by atoms with van der Waals surface area (Å²) in [5, 5.41) is 3.99. The summed E-state index contributed by atoms with van der Waals surface area (Å²) in [5.74, 6) is 3.17. The molecule has 1 aromatic rings. The van der Waals surface area contributed by atoms with E-state index in [0.717, 1.165) is 23.9 Å². The van der Waals surface area contributed by atoms with Gasteiger partial charge in [-0.1, -0.05) is 0 Å². The van der Waals surface area contributed by atoms with Gasteiger partial charge in [-0.05, 0) is 0 Å². The topological polar surface area (TPSA) is 47.8 Å². The zero-order valence-corrected chi connectivity index (χ0v) is 6.67. The first kappa shape index (κ1) is 6.84. The van der Waals surface area contributed by atoms with Crippen molar-refractivity contribution < 1.29 is 4.79 Å². The molecule has 0 unspecified atom stereocenters. The van der Waals surface area contributed by atoms with Gasteiger partial charge in [0.1, 0.15) is 5.82 Å². The highest BCUT2D eigenvalue weighted by Gasteiger charge is 2.12. The van der Waals surface area contributed by atoms with Gasteiger partial charge in [-0.2, -0.15) is 11.8 Å². The maximum absolute atomic E-state index is 10.3. The molecule has 5 heteroatoms. The third-order valence-corrected chi connectivity index (χ3v) is 2.48. The molecule has 1 aliphatic heterocycles. The van der Waals surface area contributed by atoms with Crippen LogP contribution in [-0.4, -0.2) is 26.8 Å². The molecule has 1 aliphatic rings. The molecule has 0 spiro atoms. The molecule has 0 saturated heterocycles. The molecule has 0 N–H and O–H groups in total. The number of aryl methyl sites for hydroxylation is 1. The third kappa shape index (κ3) is 1.16. The fourth-order valence-electron chi connectivity index (χ4n) is 1.04. The van der Waals surface area contributed by atoms with Crippen LogP contribution in [-0.2, 0) is 12.3 Å².